The molecule has 1 aliphatic carbocycles. The predicted molar refractivity (Wildman–Crippen MR) is 88.0 cm³/mol. The molecule has 1 aromatic carbocycles. The van der Waals surface area contributed by atoms with E-state index in [0.29, 0.717) is 29.7 Å². The zero-order valence-corrected chi connectivity index (χ0v) is 13.7. The molecule has 6 heteroatoms. The Bertz CT molecular complexity index is 648. The molecule has 0 aliphatic heterocycles. The van der Waals surface area contributed by atoms with Crippen molar-refractivity contribution >= 4 is 17.5 Å². The number of hydrogen-bond acceptors (Lipinski definition) is 4. The van der Waals surface area contributed by atoms with E-state index in [-0.39, 0.29) is 11.8 Å². The summed E-state index contributed by atoms with van der Waals surface area (Å²) < 4.78 is 5.23. The lowest BCUT2D eigenvalue weighted by atomic mass is 9.89. The number of carbonyl (C=O) groups is 1. The van der Waals surface area contributed by atoms with Gasteiger partial charge < -0.3 is 9.84 Å². The Morgan fingerprint density at radius 1 is 1.22 bits per heavy atom. The van der Waals surface area contributed by atoms with Gasteiger partial charge in [0.25, 0.3) is 0 Å². The van der Waals surface area contributed by atoms with Crippen molar-refractivity contribution in [3.63, 3.8) is 0 Å². The minimum absolute atomic E-state index is 0.155. The Morgan fingerprint density at radius 3 is 2.70 bits per heavy atom. The summed E-state index contributed by atoms with van der Waals surface area (Å²) in [7, 11) is 0. The van der Waals surface area contributed by atoms with E-state index in [2.05, 4.69) is 15.5 Å². The van der Waals surface area contributed by atoms with E-state index in [1.54, 1.807) is 12.1 Å². The van der Waals surface area contributed by atoms with Crippen LogP contribution in [0.25, 0.3) is 11.4 Å². The quantitative estimate of drug-likeness (QED) is 0.907. The Labute approximate surface area is 140 Å². The number of carbonyl (C=O) groups excluding carboxylic acids is 1. The second-order valence-corrected chi connectivity index (χ2v) is 6.33. The van der Waals surface area contributed by atoms with E-state index in [1.165, 1.54) is 6.42 Å². The largest absolute Gasteiger partial charge is 0.355 e. The Kier molecular flexibility index (Phi) is 5.28. The highest BCUT2D eigenvalue weighted by molar-refractivity contribution is 6.30. The first-order valence-corrected chi connectivity index (χ1v) is 8.46. The van der Waals surface area contributed by atoms with Gasteiger partial charge in [0, 0.05) is 29.5 Å². The highest BCUT2D eigenvalue weighted by Gasteiger charge is 2.20. The van der Waals surface area contributed by atoms with Crippen LogP contribution < -0.4 is 5.32 Å². The monoisotopic (exact) mass is 333 g/mol. The number of rotatable bonds is 5. The van der Waals surface area contributed by atoms with Crippen molar-refractivity contribution in [2.45, 2.75) is 38.5 Å². The topological polar surface area (TPSA) is 68.0 Å². The smallest absolute Gasteiger partial charge is 0.228 e. The number of benzene rings is 1. The van der Waals surface area contributed by atoms with E-state index < -0.39 is 0 Å². The van der Waals surface area contributed by atoms with Crippen molar-refractivity contribution in [1.29, 1.82) is 0 Å². The lowest BCUT2D eigenvalue weighted by molar-refractivity contribution is -0.125. The van der Waals surface area contributed by atoms with Gasteiger partial charge in [0.1, 0.15) is 0 Å². The lowest BCUT2D eigenvalue weighted by Crippen LogP contribution is -2.33. The van der Waals surface area contributed by atoms with Gasteiger partial charge in [-0.1, -0.05) is 36.0 Å². The van der Waals surface area contributed by atoms with Crippen molar-refractivity contribution in [3.8, 4) is 11.4 Å². The molecule has 1 amide bonds. The SMILES string of the molecule is O=C(NCCc1nc(-c2ccc(Cl)cc2)no1)C1CCCCC1. The minimum atomic E-state index is 0.155. The molecular weight excluding hydrogens is 314 g/mol. The van der Waals surface area contributed by atoms with Gasteiger partial charge in [0.05, 0.1) is 0 Å². The van der Waals surface area contributed by atoms with Crippen LogP contribution in [0.2, 0.25) is 5.02 Å². The van der Waals surface area contributed by atoms with Crippen LogP contribution in [-0.4, -0.2) is 22.6 Å². The van der Waals surface area contributed by atoms with Crippen LogP contribution in [-0.2, 0) is 11.2 Å². The van der Waals surface area contributed by atoms with Gasteiger partial charge >= 0.3 is 0 Å². The summed E-state index contributed by atoms with van der Waals surface area (Å²) in [5.74, 6) is 1.40. The van der Waals surface area contributed by atoms with Gasteiger partial charge in [0.2, 0.25) is 17.6 Å². The molecule has 0 spiro atoms. The van der Waals surface area contributed by atoms with Crippen LogP contribution in [0.1, 0.15) is 38.0 Å². The molecule has 122 valence electrons. The molecule has 1 aliphatic rings. The molecule has 0 atom stereocenters. The number of amides is 1. The van der Waals surface area contributed by atoms with Crippen molar-refractivity contribution in [3.05, 3.63) is 35.2 Å². The molecule has 0 bridgehead atoms. The fourth-order valence-electron chi connectivity index (χ4n) is 2.87. The Morgan fingerprint density at radius 2 is 1.96 bits per heavy atom. The van der Waals surface area contributed by atoms with Crippen LogP contribution >= 0.6 is 11.6 Å². The molecular formula is C17H20ClN3O2. The van der Waals surface area contributed by atoms with Crippen molar-refractivity contribution < 1.29 is 9.32 Å². The highest BCUT2D eigenvalue weighted by atomic mass is 35.5. The van der Waals surface area contributed by atoms with Crippen LogP contribution in [0.4, 0.5) is 0 Å². The highest BCUT2D eigenvalue weighted by Crippen LogP contribution is 2.23. The second kappa shape index (κ2) is 7.59. The summed E-state index contributed by atoms with van der Waals surface area (Å²) in [5.41, 5.74) is 0.857. The van der Waals surface area contributed by atoms with Gasteiger partial charge in [-0.3, -0.25) is 4.79 Å². The molecule has 0 radical (unpaired) electrons. The maximum Gasteiger partial charge on any atom is 0.228 e. The third kappa shape index (κ3) is 4.32. The first-order valence-electron chi connectivity index (χ1n) is 8.08. The van der Waals surface area contributed by atoms with Crippen LogP contribution in [0.5, 0.6) is 0 Å². The molecule has 3 rings (SSSR count). The number of nitrogens with one attached hydrogen (secondary N) is 1. The maximum absolute atomic E-state index is 12.1. The second-order valence-electron chi connectivity index (χ2n) is 5.89. The van der Waals surface area contributed by atoms with Gasteiger partial charge in [-0.05, 0) is 37.1 Å². The molecule has 0 unspecified atom stereocenters. The molecule has 1 aromatic heterocycles. The number of halogens is 1. The van der Waals surface area contributed by atoms with Gasteiger partial charge in [-0.25, -0.2) is 0 Å². The fraction of sp³-hybridized carbons (Fsp3) is 0.471. The summed E-state index contributed by atoms with van der Waals surface area (Å²) in [6.45, 7) is 0.525. The molecule has 0 saturated heterocycles. The fourth-order valence-corrected chi connectivity index (χ4v) is 3.00. The Hall–Kier alpha value is -1.88. The lowest BCUT2D eigenvalue weighted by Gasteiger charge is -2.20. The van der Waals surface area contributed by atoms with Crippen molar-refractivity contribution in [2.24, 2.45) is 5.92 Å². The van der Waals surface area contributed by atoms with E-state index in [4.69, 9.17) is 16.1 Å². The molecule has 23 heavy (non-hydrogen) atoms. The zero-order chi connectivity index (χ0) is 16.1. The van der Waals surface area contributed by atoms with E-state index in [0.717, 1.165) is 31.2 Å². The van der Waals surface area contributed by atoms with E-state index in [9.17, 15) is 4.79 Å². The molecule has 1 fully saturated rings. The van der Waals surface area contributed by atoms with Crippen molar-refractivity contribution in [1.82, 2.24) is 15.5 Å². The number of hydrogen-bond donors (Lipinski definition) is 1. The molecule has 5 nitrogen and oxygen atoms in total. The predicted octanol–water partition coefficient (Wildman–Crippen LogP) is 3.63. The average Bonchev–Trinajstić information content (AvgIpc) is 3.05. The molecule has 2 aromatic rings. The zero-order valence-electron chi connectivity index (χ0n) is 12.9. The molecule has 1 N–H and O–H groups in total. The standard InChI is InChI=1S/C17H20ClN3O2/c18-14-8-6-12(7-9-14)16-20-15(23-21-16)10-11-19-17(22)13-4-2-1-3-5-13/h6-9,13H,1-5,10-11H2,(H,19,22). The summed E-state index contributed by atoms with van der Waals surface area (Å²) in [5, 5.41) is 7.60. The number of aromatic nitrogens is 2. The first-order chi connectivity index (χ1) is 11.2. The third-order valence-electron chi connectivity index (χ3n) is 4.18. The third-order valence-corrected chi connectivity index (χ3v) is 4.44. The summed E-state index contributed by atoms with van der Waals surface area (Å²) in [4.78, 5) is 16.4. The summed E-state index contributed by atoms with van der Waals surface area (Å²) in [6, 6.07) is 7.28. The van der Waals surface area contributed by atoms with Crippen LogP contribution in [0, 0.1) is 5.92 Å². The molecule has 1 saturated carbocycles. The Balaban J connectivity index is 1.49. The number of nitrogens with zero attached hydrogens (tertiary/aromatic N) is 2. The van der Waals surface area contributed by atoms with Gasteiger partial charge in [0.15, 0.2) is 0 Å². The van der Waals surface area contributed by atoms with Crippen molar-refractivity contribution in [2.75, 3.05) is 6.54 Å². The van der Waals surface area contributed by atoms with Crippen LogP contribution in [0.15, 0.2) is 28.8 Å². The maximum atomic E-state index is 12.1. The van der Waals surface area contributed by atoms with Gasteiger partial charge in [-0.2, -0.15) is 4.98 Å². The molecule has 1 heterocycles. The summed E-state index contributed by atoms with van der Waals surface area (Å²) >= 11 is 5.86. The van der Waals surface area contributed by atoms with Crippen LogP contribution in [0.3, 0.4) is 0 Å². The summed E-state index contributed by atoms with van der Waals surface area (Å²) in [6.07, 6.45) is 6.12. The van der Waals surface area contributed by atoms with E-state index in [1.807, 2.05) is 12.1 Å². The van der Waals surface area contributed by atoms with E-state index >= 15 is 0 Å². The normalized spacial score (nSPS) is 15.5. The van der Waals surface area contributed by atoms with Gasteiger partial charge in [-0.15, -0.1) is 0 Å². The minimum Gasteiger partial charge on any atom is -0.355 e. The first kappa shape index (κ1) is 16.0. The average molecular weight is 334 g/mol.